The first kappa shape index (κ1) is 16.6. The van der Waals surface area contributed by atoms with Crippen LogP contribution in [0.25, 0.3) is 11.0 Å². The molecule has 5 heteroatoms. The first-order valence-corrected chi connectivity index (χ1v) is 9.74. The molecule has 2 aromatic rings. The van der Waals surface area contributed by atoms with E-state index in [1.165, 1.54) is 19.3 Å². The van der Waals surface area contributed by atoms with Crippen LogP contribution in [0.4, 0.5) is 0 Å². The highest BCUT2D eigenvalue weighted by molar-refractivity contribution is 5.79. The van der Waals surface area contributed by atoms with E-state index in [1.54, 1.807) is 0 Å². The second kappa shape index (κ2) is 7.16. The van der Waals surface area contributed by atoms with Gasteiger partial charge in [0.05, 0.1) is 23.6 Å². The van der Waals surface area contributed by atoms with Crippen molar-refractivity contribution in [1.82, 2.24) is 19.8 Å². The molecule has 25 heavy (non-hydrogen) atoms. The summed E-state index contributed by atoms with van der Waals surface area (Å²) in [7, 11) is 0. The van der Waals surface area contributed by atoms with Gasteiger partial charge < -0.3 is 9.88 Å². The number of benzene rings is 1. The number of likely N-dealkylation sites (tertiary alicyclic amines) is 2. The Labute approximate surface area is 149 Å². The Bertz CT molecular complexity index is 707. The van der Waals surface area contributed by atoms with Crippen LogP contribution in [0.5, 0.6) is 0 Å². The van der Waals surface area contributed by atoms with Crippen LogP contribution < -0.4 is 0 Å². The van der Waals surface area contributed by atoms with Gasteiger partial charge in [-0.25, -0.2) is 4.98 Å². The van der Waals surface area contributed by atoms with Crippen molar-refractivity contribution in [2.24, 2.45) is 0 Å². The summed E-state index contributed by atoms with van der Waals surface area (Å²) in [5, 5.41) is 0. The maximum absolute atomic E-state index is 13.0. The Morgan fingerprint density at radius 1 is 1.20 bits per heavy atom. The lowest BCUT2D eigenvalue weighted by molar-refractivity contribution is -0.134. The van der Waals surface area contributed by atoms with Crippen molar-refractivity contribution < 1.29 is 4.79 Å². The Morgan fingerprint density at radius 2 is 2.08 bits per heavy atom. The zero-order chi connectivity index (χ0) is 17.2. The van der Waals surface area contributed by atoms with Crippen LogP contribution in [0, 0.1) is 0 Å². The third kappa shape index (κ3) is 3.30. The molecule has 0 aliphatic carbocycles. The summed E-state index contributed by atoms with van der Waals surface area (Å²) in [6.45, 7) is 4.72. The average molecular weight is 340 g/mol. The van der Waals surface area contributed by atoms with Crippen molar-refractivity contribution in [2.45, 2.75) is 57.5 Å². The largest absolute Gasteiger partial charge is 0.340 e. The number of H-pyrrole nitrogens is 1. The summed E-state index contributed by atoms with van der Waals surface area (Å²) in [5.74, 6) is 1.21. The molecule has 134 valence electrons. The molecular formula is C20H28N4O. The predicted molar refractivity (Wildman–Crippen MR) is 99.3 cm³/mol. The number of aromatic nitrogens is 2. The third-order valence-electron chi connectivity index (χ3n) is 5.86. The molecular weight excluding hydrogens is 312 g/mol. The van der Waals surface area contributed by atoms with Crippen molar-refractivity contribution in [3.63, 3.8) is 0 Å². The van der Waals surface area contributed by atoms with Gasteiger partial charge in [-0.3, -0.25) is 9.69 Å². The maximum atomic E-state index is 13.0. The van der Waals surface area contributed by atoms with E-state index in [0.717, 1.165) is 49.2 Å². The van der Waals surface area contributed by atoms with Crippen LogP contribution in [0.1, 0.15) is 57.3 Å². The van der Waals surface area contributed by atoms with Gasteiger partial charge in [-0.2, -0.15) is 0 Å². The average Bonchev–Trinajstić information content (AvgIpc) is 3.28. The zero-order valence-corrected chi connectivity index (χ0v) is 15.1. The van der Waals surface area contributed by atoms with Crippen LogP contribution in [0.3, 0.4) is 0 Å². The summed E-state index contributed by atoms with van der Waals surface area (Å²) >= 11 is 0. The van der Waals surface area contributed by atoms with Crippen molar-refractivity contribution in [3.05, 3.63) is 30.1 Å². The lowest BCUT2D eigenvalue weighted by atomic mass is 10.00. The fourth-order valence-corrected chi connectivity index (χ4v) is 4.47. The molecule has 1 amide bonds. The van der Waals surface area contributed by atoms with Gasteiger partial charge in [-0.05, 0) is 50.8 Å². The molecule has 0 spiro atoms. The molecule has 0 unspecified atom stereocenters. The Hall–Kier alpha value is -1.88. The van der Waals surface area contributed by atoms with Gasteiger partial charge in [0, 0.05) is 12.6 Å². The van der Waals surface area contributed by atoms with Crippen LogP contribution in [-0.2, 0) is 4.79 Å². The number of para-hydroxylation sites is 2. The zero-order valence-electron chi connectivity index (χ0n) is 15.1. The summed E-state index contributed by atoms with van der Waals surface area (Å²) in [5.41, 5.74) is 2.04. The molecule has 4 rings (SSSR count). The summed E-state index contributed by atoms with van der Waals surface area (Å²) in [4.78, 5) is 25.6. The normalized spacial score (nSPS) is 24.9. The fourth-order valence-electron chi connectivity index (χ4n) is 4.47. The van der Waals surface area contributed by atoms with E-state index < -0.39 is 0 Å². The van der Waals surface area contributed by atoms with E-state index in [9.17, 15) is 4.79 Å². The highest BCUT2D eigenvalue weighted by atomic mass is 16.2. The number of nitrogens with one attached hydrogen (secondary N) is 1. The number of imidazole rings is 1. The number of aromatic amines is 1. The third-order valence-corrected chi connectivity index (χ3v) is 5.86. The first-order valence-electron chi connectivity index (χ1n) is 9.74. The minimum atomic E-state index is 0.102. The van der Waals surface area contributed by atoms with Crippen molar-refractivity contribution in [2.75, 3.05) is 19.6 Å². The molecule has 1 aromatic heterocycles. The van der Waals surface area contributed by atoms with E-state index in [1.807, 2.05) is 24.3 Å². The van der Waals surface area contributed by atoms with E-state index >= 15 is 0 Å². The van der Waals surface area contributed by atoms with Gasteiger partial charge in [0.2, 0.25) is 5.91 Å². The van der Waals surface area contributed by atoms with E-state index in [4.69, 9.17) is 4.98 Å². The quantitative estimate of drug-likeness (QED) is 0.927. The number of hydrogen-bond donors (Lipinski definition) is 1. The second-order valence-corrected chi connectivity index (χ2v) is 7.41. The second-order valence-electron chi connectivity index (χ2n) is 7.41. The Balaban J connectivity index is 1.49. The van der Waals surface area contributed by atoms with Gasteiger partial charge >= 0.3 is 0 Å². The minimum absolute atomic E-state index is 0.102. The molecule has 5 nitrogen and oxygen atoms in total. The maximum Gasteiger partial charge on any atom is 0.237 e. The highest BCUT2D eigenvalue weighted by Gasteiger charge is 2.34. The van der Waals surface area contributed by atoms with Gasteiger partial charge in [-0.1, -0.05) is 25.5 Å². The van der Waals surface area contributed by atoms with Crippen LogP contribution in [-0.4, -0.2) is 51.4 Å². The van der Waals surface area contributed by atoms with Gasteiger partial charge in [0.1, 0.15) is 5.82 Å². The summed E-state index contributed by atoms with van der Waals surface area (Å²) < 4.78 is 0. The van der Waals surface area contributed by atoms with Crippen LogP contribution in [0.15, 0.2) is 24.3 Å². The molecule has 2 aliphatic rings. The van der Waals surface area contributed by atoms with Crippen LogP contribution in [0.2, 0.25) is 0 Å². The van der Waals surface area contributed by atoms with Crippen LogP contribution >= 0.6 is 0 Å². The number of fused-ring (bicyclic) bond motifs is 1. The Kier molecular flexibility index (Phi) is 4.75. The number of amides is 1. The minimum Gasteiger partial charge on any atom is -0.340 e. The van der Waals surface area contributed by atoms with E-state index in [2.05, 4.69) is 21.7 Å². The molecule has 2 saturated heterocycles. The Morgan fingerprint density at radius 3 is 2.92 bits per heavy atom. The topological polar surface area (TPSA) is 52.2 Å². The standard InChI is InChI=1S/C20H28N4O/c1-2-15-8-5-6-12-23(15)14-19(25)24-13-7-11-18(24)20-21-16-9-3-4-10-17(16)22-20/h3-4,9-10,15,18H,2,5-8,11-14H2,1H3,(H,21,22)/t15-,18-/m1/s1. The number of carbonyl (C=O) groups excluding carboxylic acids is 1. The predicted octanol–water partition coefficient (Wildman–Crippen LogP) is 3.49. The van der Waals surface area contributed by atoms with Gasteiger partial charge in [-0.15, -0.1) is 0 Å². The van der Waals surface area contributed by atoms with Gasteiger partial charge in [0.25, 0.3) is 0 Å². The molecule has 0 bridgehead atoms. The fraction of sp³-hybridized carbons (Fsp3) is 0.600. The van der Waals surface area contributed by atoms with Crippen molar-refractivity contribution >= 4 is 16.9 Å². The molecule has 2 fully saturated rings. The van der Waals surface area contributed by atoms with E-state index in [-0.39, 0.29) is 11.9 Å². The lowest BCUT2D eigenvalue weighted by Crippen LogP contribution is -2.46. The summed E-state index contributed by atoms with van der Waals surface area (Å²) in [6, 6.07) is 8.77. The molecule has 2 aliphatic heterocycles. The molecule has 0 saturated carbocycles. The number of piperidine rings is 1. The van der Waals surface area contributed by atoms with E-state index in [0.29, 0.717) is 12.6 Å². The lowest BCUT2D eigenvalue weighted by Gasteiger charge is -2.36. The number of rotatable bonds is 4. The summed E-state index contributed by atoms with van der Waals surface area (Å²) in [6.07, 6.45) is 6.95. The van der Waals surface area contributed by atoms with Gasteiger partial charge in [0.15, 0.2) is 0 Å². The number of nitrogens with zero attached hydrogens (tertiary/aromatic N) is 3. The number of carbonyl (C=O) groups is 1. The first-order chi connectivity index (χ1) is 12.3. The molecule has 3 heterocycles. The number of hydrogen-bond acceptors (Lipinski definition) is 3. The molecule has 1 aromatic carbocycles. The van der Waals surface area contributed by atoms with Crippen molar-refractivity contribution in [3.8, 4) is 0 Å². The monoisotopic (exact) mass is 340 g/mol. The van der Waals surface area contributed by atoms with Crippen molar-refractivity contribution in [1.29, 1.82) is 0 Å². The molecule has 0 radical (unpaired) electrons. The highest BCUT2D eigenvalue weighted by Crippen LogP contribution is 2.32. The molecule has 2 atom stereocenters. The smallest absolute Gasteiger partial charge is 0.237 e. The SMILES string of the molecule is CC[C@@H]1CCCCN1CC(=O)N1CCC[C@@H]1c1nc2ccccc2[nH]1. The molecule has 1 N–H and O–H groups in total.